The van der Waals surface area contributed by atoms with Gasteiger partial charge in [0.15, 0.2) is 6.10 Å². The van der Waals surface area contributed by atoms with E-state index in [-0.39, 0.29) is 24.5 Å². The summed E-state index contributed by atoms with van der Waals surface area (Å²) in [5, 5.41) is 47.2. The highest BCUT2D eigenvalue weighted by atomic mass is 16.7. The van der Waals surface area contributed by atoms with Crippen LogP contribution in [0.25, 0.3) is 0 Å². The van der Waals surface area contributed by atoms with Gasteiger partial charge in [0.1, 0.15) is 36.3 Å². The molecule has 14 nitrogen and oxygen atoms in total. The van der Waals surface area contributed by atoms with Crippen molar-refractivity contribution in [1.82, 2.24) is 5.32 Å². The first-order chi connectivity index (χ1) is 24.7. The van der Waals surface area contributed by atoms with E-state index in [0.717, 1.165) is 31.4 Å². The molecule has 1 aromatic rings. The van der Waals surface area contributed by atoms with Crippen molar-refractivity contribution in [2.75, 3.05) is 13.2 Å². The normalized spacial score (nSPS) is 21.6. The van der Waals surface area contributed by atoms with Crippen LogP contribution in [0.4, 0.5) is 4.79 Å². The molecule has 1 saturated heterocycles. The molecule has 0 bridgehead atoms. The largest absolute Gasteiger partial charge is 0.479 e. The van der Waals surface area contributed by atoms with Gasteiger partial charge in [-0.3, -0.25) is 9.59 Å². The lowest BCUT2D eigenvalue weighted by Gasteiger charge is -2.38. The van der Waals surface area contributed by atoms with Crippen LogP contribution in [-0.4, -0.2) is 107 Å². The van der Waals surface area contributed by atoms with Crippen molar-refractivity contribution in [2.45, 2.75) is 142 Å². The molecular formula is C38H57BN2O12. The van der Waals surface area contributed by atoms with Crippen LogP contribution in [0.3, 0.4) is 0 Å². The molecule has 2 radical (unpaired) electrons. The van der Waals surface area contributed by atoms with Crippen molar-refractivity contribution in [1.29, 1.82) is 0 Å². The molecule has 294 valence electrons. The van der Waals surface area contributed by atoms with E-state index in [1.165, 1.54) is 29.3 Å². The zero-order valence-corrected chi connectivity index (χ0v) is 32.2. The zero-order valence-electron chi connectivity index (χ0n) is 32.2. The van der Waals surface area contributed by atoms with Crippen LogP contribution >= 0.6 is 0 Å². The Morgan fingerprint density at radius 1 is 0.962 bits per heavy atom. The van der Waals surface area contributed by atoms with E-state index in [1.807, 2.05) is 34.6 Å². The lowest BCUT2D eigenvalue weighted by atomic mass is 9.99. The predicted molar refractivity (Wildman–Crippen MR) is 199 cm³/mol. The van der Waals surface area contributed by atoms with E-state index in [2.05, 4.69) is 43.4 Å². The smallest absolute Gasteiger partial charge is 0.335 e. The Bertz CT molecular complexity index is 1470. The minimum absolute atomic E-state index is 0.0713. The van der Waals surface area contributed by atoms with Crippen LogP contribution < -0.4 is 10.1 Å². The third-order valence-corrected chi connectivity index (χ3v) is 8.79. The van der Waals surface area contributed by atoms with Gasteiger partial charge in [-0.2, -0.15) is 0 Å². The number of nitrogens with zero attached hydrogens (tertiary/aromatic N) is 1. The number of allylic oxidation sites excluding steroid dienone is 4. The number of rotatable bonds is 21. The van der Waals surface area contributed by atoms with Gasteiger partial charge < -0.3 is 49.5 Å². The van der Waals surface area contributed by atoms with Crippen molar-refractivity contribution in [3.05, 3.63) is 52.6 Å². The molecule has 5 N–H and O–H groups in total. The highest BCUT2D eigenvalue weighted by Gasteiger charge is 2.48. The monoisotopic (exact) mass is 744 g/mol. The molecule has 1 heterocycles. The summed E-state index contributed by atoms with van der Waals surface area (Å²) in [6.45, 7) is 16.3. The molecule has 0 aliphatic carbocycles. The molecule has 15 heteroatoms. The average Bonchev–Trinajstić information content (AvgIpc) is 3.08. The van der Waals surface area contributed by atoms with Gasteiger partial charge in [-0.15, -0.1) is 0 Å². The maximum atomic E-state index is 13.4. The number of carboxylic acids is 1. The molecule has 1 aromatic carbocycles. The molecule has 0 unspecified atom stereocenters. The molecule has 0 spiro atoms. The summed E-state index contributed by atoms with van der Waals surface area (Å²) in [5.41, 5.74) is 2.71. The number of oxime groups is 1. The lowest BCUT2D eigenvalue weighted by Crippen LogP contribution is -2.61. The van der Waals surface area contributed by atoms with Gasteiger partial charge >= 0.3 is 5.97 Å². The Morgan fingerprint density at radius 3 is 2.30 bits per heavy atom. The number of hydrogen-bond donors (Lipinski definition) is 5. The molecule has 1 fully saturated rings. The van der Waals surface area contributed by atoms with Gasteiger partial charge in [0.2, 0.25) is 20.0 Å². The summed E-state index contributed by atoms with van der Waals surface area (Å²) >= 11 is 0. The van der Waals surface area contributed by atoms with E-state index in [9.17, 15) is 34.8 Å². The van der Waals surface area contributed by atoms with Crippen LogP contribution in [-0.2, 0) is 30.4 Å². The van der Waals surface area contributed by atoms with Gasteiger partial charge in [-0.05, 0) is 105 Å². The number of benzene rings is 1. The van der Waals surface area contributed by atoms with Crippen LogP contribution in [0, 0.1) is 0 Å². The number of nitrogens with one attached hydrogen (secondary N) is 1. The number of amides is 1. The number of hydrogen-bond acceptors (Lipinski definition) is 12. The van der Waals surface area contributed by atoms with E-state index in [1.54, 1.807) is 0 Å². The minimum atomic E-state index is -1.92. The highest BCUT2D eigenvalue weighted by molar-refractivity contribution is 6.55. The van der Waals surface area contributed by atoms with Gasteiger partial charge in [0.25, 0.3) is 5.91 Å². The summed E-state index contributed by atoms with van der Waals surface area (Å²) in [6.07, 6.45) is -0.109. The molecule has 1 amide bonds. The number of carbonyl (C=O) groups is 3. The first kappa shape index (κ1) is 45.4. The van der Waals surface area contributed by atoms with E-state index < -0.39 is 59.7 Å². The molecule has 5 atom stereocenters. The molecule has 1 aliphatic rings. The van der Waals surface area contributed by atoms with Crippen LogP contribution in [0.1, 0.15) is 110 Å². The Labute approximate surface area is 314 Å². The fourth-order valence-electron chi connectivity index (χ4n) is 5.06. The SMILES string of the molecule is [B]C(=O)OCc1ccc(O[C@@H]2O[C@H](C(=O)O)[C@@H](O)[C@H](O)[C@H]2O)c(C(=O)NCCC(C)(C)OCCC(C)(C)O/N=C(\C)CC/C(C)=C/CC/C(C)=C/C)c1. The second kappa shape index (κ2) is 21.2. The third-order valence-electron chi connectivity index (χ3n) is 8.79. The third kappa shape index (κ3) is 16.0. The maximum Gasteiger partial charge on any atom is 0.335 e. The summed E-state index contributed by atoms with van der Waals surface area (Å²) in [5.74, 6) is -3.37. The van der Waals surface area contributed by atoms with Crippen LogP contribution in [0.2, 0.25) is 0 Å². The second-order valence-electron chi connectivity index (χ2n) is 14.6. The number of carbonyl (C=O) groups excluding carboxylic acids is 2. The number of carboxylic acid groups (broad SMARTS) is 1. The van der Waals surface area contributed by atoms with Gasteiger partial charge in [0, 0.05) is 13.0 Å². The van der Waals surface area contributed by atoms with Gasteiger partial charge in [-0.25, -0.2) is 4.79 Å². The van der Waals surface area contributed by atoms with Crippen molar-refractivity contribution in [2.24, 2.45) is 5.16 Å². The summed E-state index contributed by atoms with van der Waals surface area (Å²) in [4.78, 5) is 42.0. The Kier molecular flexibility index (Phi) is 18.2. The van der Waals surface area contributed by atoms with Crippen molar-refractivity contribution in [3.8, 4) is 5.75 Å². The number of aliphatic hydroxyl groups excluding tert-OH is 3. The first-order valence-electron chi connectivity index (χ1n) is 17.8. The topological polar surface area (TPSA) is 203 Å². The molecule has 2 rings (SSSR count). The molecule has 1 aliphatic heterocycles. The van der Waals surface area contributed by atoms with Gasteiger partial charge in [0.05, 0.1) is 23.5 Å². The van der Waals surface area contributed by atoms with E-state index in [0.29, 0.717) is 25.0 Å². The van der Waals surface area contributed by atoms with Gasteiger partial charge in [-0.1, -0.05) is 34.5 Å². The Balaban J connectivity index is 1.96. The van der Waals surface area contributed by atoms with Crippen molar-refractivity contribution < 1.29 is 58.6 Å². The quantitative estimate of drug-likeness (QED) is 0.0503. The van der Waals surface area contributed by atoms with Crippen LogP contribution in [0.5, 0.6) is 5.75 Å². The van der Waals surface area contributed by atoms with Crippen molar-refractivity contribution in [3.63, 3.8) is 0 Å². The summed E-state index contributed by atoms with van der Waals surface area (Å²) in [6, 6.07) is 4.14. The fraction of sp³-hybridized carbons (Fsp3) is 0.632. The first-order valence-corrected chi connectivity index (χ1v) is 17.8. The number of aliphatic hydroxyl groups is 3. The van der Waals surface area contributed by atoms with E-state index >= 15 is 0 Å². The molecule has 53 heavy (non-hydrogen) atoms. The molecule has 0 aromatic heterocycles. The standard InChI is InChI=1S/C38H57BN2O12/c1-9-23(2)11-10-12-24(3)13-14-25(4)41-53-38(7,8)18-20-50-37(5,6)17-19-40-33(45)27-21-26(22-49-36(39)48)15-16-28(27)51-35-31(44)29(42)30(43)32(52-35)34(46)47/h9,12,15-16,21,29-32,35,42-44H,10-11,13-14,17-20,22H2,1-8H3,(H,40,45)(H,46,47)/b23-9+,24-12+,41-25+/t29-,30-,31+,32-,35+/m0/s1. The van der Waals surface area contributed by atoms with Crippen molar-refractivity contribution >= 4 is 31.3 Å². The Morgan fingerprint density at radius 2 is 1.66 bits per heavy atom. The molecule has 0 saturated carbocycles. The summed E-state index contributed by atoms with van der Waals surface area (Å²) < 4.78 is 21.9. The van der Waals surface area contributed by atoms with E-state index in [4.69, 9.17) is 31.6 Å². The van der Waals surface area contributed by atoms with Crippen LogP contribution in [0.15, 0.2) is 46.7 Å². The maximum absolute atomic E-state index is 13.4. The minimum Gasteiger partial charge on any atom is -0.479 e. The average molecular weight is 745 g/mol. The second-order valence-corrected chi connectivity index (χ2v) is 14.6. The Hall–Kier alpha value is -3.76. The number of ether oxygens (including phenoxy) is 4. The molecular weight excluding hydrogens is 687 g/mol. The predicted octanol–water partition coefficient (Wildman–Crippen LogP) is 4.71. The highest BCUT2D eigenvalue weighted by Crippen LogP contribution is 2.28. The summed E-state index contributed by atoms with van der Waals surface area (Å²) in [7, 11) is 5.07. The zero-order chi connectivity index (χ0) is 39.9. The lowest BCUT2D eigenvalue weighted by molar-refractivity contribution is -0.271. The number of aliphatic carboxylic acids is 1. The fourth-order valence-corrected chi connectivity index (χ4v) is 5.06.